The van der Waals surface area contributed by atoms with Crippen molar-refractivity contribution in [2.24, 2.45) is 0 Å². The lowest BCUT2D eigenvalue weighted by atomic mass is 9.78. The summed E-state index contributed by atoms with van der Waals surface area (Å²) >= 11 is 4.01. The van der Waals surface area contributed by atoms with E-state index < -0.39 is 0 Å². The molecule has 0 fully saturated rings. The number of rotatable bonds is 2. The van der Waals surface area contributed by atoms with Crippen LogP contribution >= 0.6 is 15.8 Å². The van der Waals surface area contributed by atoms with Gasteiger partial charge in [-0.05, 0) is 83.1 Å². The van der Waals surface area contributed by atoms with Crippen molar-refractivity contribution < 1.29 is 0 Å². The van der Waals surface area contributed by atoms with Crippen LogP contribution < -0.4 is 0 Å². The first kappa shape index (κ1) is 20.5. The quantitative estimate of drug-likeness (QED) is 0.637. The lowest BCUT2D eigenvalue weighted by molar-refractivity contribution is 0.0761. The average Bonchev–Trinajstić information content (AvgIpc) is 1.88. The Balaban J connectivity index is 5.81. The molecule has 120 valence electrons. The third-order valence-corrected chi connectivity index (χ3v) is 4.14. The summed E-state index contributed by atoms with van der Waals surface area (Å²) in [5.74, 6) is 0.183. The van der Waals surface area contributed by atoms with E-state index in [1.54, 1.807) is 0 Å². The zero-order valence-corrected chi connectivity index (χ0v) is 17.4. The summed E-state index contributed by atoms with van der Waals surface area (Å²) in [6, 6.07) is 0. The van der Waals surface area contributed by atoms with E-state index in [-0.39, 0.29) is 28.0 Å². The van der Waals surface area contributed by atoms with Crippen molar-refractivity contribution in [3.05, 3.63) is 0 Å². The van der Waals surface area contributed by atoms with Crippen molar-refractivity contribution in [1.82, 2.24) is 9.62 Å². The minimum absolute atomic E-state index is 0.0845. The molecule has 0 aromatic heterocycles. The molecule has 0 unspecified atom stereocenters. The molecule has 0 N–H and O–H groups in total. The zero-order chi connectivity index (χ0) is 16.7. The Labute approximate surface area is 136 Å². The van der Waals surface area contributed by atoms with Crippen LogP contribution in [0.15, 0.2) is 0 Å². The Morgan fingerprint density at radius 1 is 0.500 bits per heavy atom. The van der Waals surface area contributed by atoms with Gasteiger partial charge in [0.2, 0.25) is 0 Å². The highest BCUT2D eigenvalue weighted by atomic mass is 79.9. The third kappa shape index (κ3) is 5.34. The van der Waals surface area contributed by atoms with E-state index in [9.17, 15) is 0 Å². The maximum absolute atomic E-state index is 4.01. The molecule has 0 amide bonds. The molecule has 0 saturated heterocycles. The van der Waals surface area contributed by atoms with Crippen LogP contribution in [0.3, 0.4) is 0 Å². The molecule has 0 saturated carbocycles. The lowest BCUT2D eigenvalue weighted by Gasteiger charge is -2.56. The van der Waals surface area contributed by atoms with Gasteiger partial charge in [-0.15, -0.1) is 15.8 Å². The van der Waals surface area contributed by atoms with Gasteiger partial charge in [0, 0.05) is 22.2 Å². The van der Waals surface area contributed by atoms with Gasteiger partial charge in [-0.2, -0.15) is 0 Å². The van der Waals surface area contributed by atoms with Gasteiger partial charge in [0.1, 0.15) is 0 Å². The molecular formula is C16H36BBrN2. The van der Waals surface area contributed by atoms with E-state index in [0.29, 0.717) is 0 Å². The molecule has 0 heterocycles. The molecule has 0 aromatic rings. The third-order valence-electron chi connectivity index (χ3n) is 3.32. The molecule has 0 aliphatic heterocycles. The number of hydrogen-bond donors (Lipinski definition) is 0. The average molecular weight is 347 g/mol. The van der Waals surface area contributed by atoms with Crippen LogP contribution in [0.2, 0.25) is 0 Å². The molecular weight excluding hydrogens is 311 g/mol. The first-order valence-electron chi connectivity index (χ1n) is 7.63. The van der Waals surface area contributed by atoms with Crippen molar-refractivity contribution in [3.8, 4) is 0 Å². The van der Waals surface area contributed by atoms with Gasteiger partial charge in [-0.3, -0.25) is 0 Å². The molecule has 20 heavy (non-hydrogen) atoms. The van der Waals surface area contributed by atoms with Crippen LogP contribution in [0, 0.1) is 0 Å². The van der Waals surface area contributed by atoms with Crippen molar-refractivity contribution in [3.63, 3.8) is 0 Å². The molecule has 0 radical (unpaired) electrons. The predicted octanol–water partition coefficient (Wildman–Crippen LogP) is 5.16. The summed E-state index contributed by atoms with van der Waals surface area (Å²) in [6.45, 7) is 27.5. The van der Waals surface area contributed by atoms with Crippen LogP contribution in [-0.2, 0) is 0 Å². The fourth-order valence-electron chi connectivity index (χ4n) is 3.41. The predicted molar refractivity (Wildman–Crippen MR) is 97.4 cm³/mol. The second-order valence-electron chi connectivity index (χ2n) is 9.73. The van der Waals surface area contributed by atoms with Gasteiger partial charge in [0.15, 0.2) is 0 Å². The normalized spacial score (nSPS) is 15.2. The molecule has 0 aromatic carbocycles. The molecule has 0 aliphatic carbocycles. The van der Waals surface area contributed by atoms with E-state index in [4.69, 9.17) is 0 Å². The summed E-state index contributed by atoms with van der Waals surface area (Å²) in [4.78, 5) is 5.10. The Morgan fingerprint density at radius 2 is 0.650 bits per heavy atom. The minimum Gasteiger partial charge on any atom is -0.309 e. The Kier molecular flexibility index (Phi) is 6.06. The standard InChI is InChI=1S/C16H36BBrN2/c1-13(2,3)19(14(4,5)6)17(18)20(15(7,8)9)16(10,11)12/h1-12H3. The highest BCUT2D eigenvalue weighted by Crippen LogP contribution is 2.36. The van der Waals surface area contributed by atoms with E-state index in [0.717, 1.165) is 0 Å². The summed E-state index contributed by atoms with van der Waals surface area (Å²) in [7, 11) is 0. The van der Waals surface area contributed by atoms with Crippen LogP contribution in [0.4, 0.5) is 0 Å². The van der Waals surface area contributed by atoms with Gasteiger partial charge >= 0.3 is 5.81 Å². The molecule has 0 rings (SSSR count). The first-order chi connectivity index (χ1) is 8.40. The molecule has 0 atom stereocenters. The fraction of sp³-hybridized carbons (Fsp3) is 1.00. The number of hydrogen-bond acceptors (Lipinski definition) is 2. The zero-order valence-electron chi connectivity index (χ0n) is 15.8. The highest BCUT2D eigenvalue weighted by molar-refractivity contribution is 9.24. The van der Waals surface area contributed by atoms with Crippen molar-refractivity contribution in [2.45, 2.75) is 105 Å². The van der Waals surface area contributed by atoms with Gasteiger partial charge in [0.05, 0.1) is 0 Å². The number of nitrogens with zero attached hydrogens (tertiary/aromatic N) is 2. The van der Waals surface area contributed by atoms with E-state index >= 15 is 0 Å². The Morgan fingerprint density at radius 3 is 0.750 bits per heavy atom. The van der Waals surface area contributed by atoms with E-state index in [1.165, 1.54) is 0 Å². The molecule has 0 spiro atoms. The fourth-order valence-corrected chi connectivity index (χ4v) is 5.86. The van der Waals surface area contributed by atoms with Crippen molar-refractivity contribution in [2.75, 3.05) is 0 Å². The second kappa shape index (κ2) is 5.93. The van der Waals surface area contributed by atoms with Gasteiger partial charge in [-0.1, -0.05) is 0 Å². The second-order valence-corrected chi connectivity index (χ2v) is 10.6. The highest BCUT2D eigenvalue weighted by Gasteiger charge is 2.47. The van der Waals surface area contributed by atoms with Crippen LogP contribution in [0.5, 0.6) is 0 Å². The number of halogens is 1. The SMILES string of the molecule is CC(C)(C)N(B(Br)N(C(C)(C)C)C(C)(C)C)C(C)(C)C. The smallest absolute Gasteiger partial charge is 0.309 e. The maximum Gasteiger partial charge on any atom is 0.392 e. The molecule has 4 heteroatoms. The Bertz CT molecular complexity index is 255. The Hall–Kier alpha value is 0.465. The summed E-state index contributed by atoms with van der Waals surface area (Å²) in [5, 5.41) is 0. The van der Waals surface area contributed by atoms with Crippen molar-refractivity contribution >= 4 is 21.6 Å². The van der Waals surface area contributed by atoms with Crippen LogP contribution in [-0.4, -0.2) is 37.6 Å². The van der Waals surface area contributed by atoms with Gasteiger partial charge in [-0.25, -0.2) is 0 Å². The summed E-state index contributed by atoms with van der Waals surface area (Å²) in [6.07, 6.45) is 0. The van der Waals surface area contributed by atoms with Gasteiger partial charge < -0.3 is 9.62 Å². The summed E-state index contributed by atoms with van der Waals surface area (Å²) < 4.78 is 0. The van der Waals surface area contributed by atoms with Gasteiger partial charge in [0.25, 0.3) is 0 Å². The van der Waals surface area contributed by atoms with Crippen LogP contribution in [0.1, 0.15) is 83.1 Å². The van der Waals surface area contributed by atoms with E-state index in [2.05, 4.69) is 108 Å². The summed E-state index contributed by atoms with van der Waals surface area (Å²) in [5.41, 5.74) is 0.338. The minimum atomic E-state index is 0.0845. The topological polar surface area (TPSA) is 6.48 Å². The lowest BCUT2D eigenvalue weighted by Crippen LogP contribution is -2.69. The molecule has 0 bridgehead atoms. The maximum atomic E-state index is 4.01. The monoisotopic (exact) mass is 346 g/mol. The first-order valence-corrected chi connectivity index (χ1v) is 8.54. The van der Waals surface area contributed by atoms with Crippen molar-refractivity contribution in [1.29, 1.82) is 0 Å². The largest absolute Gasteiger partial charge is 0.392 e. The molecule has 0 aliphatic rings. The molecule has 2 nitrogen and oxygen atoms in total. The van der Waals surface area contributed by atoms with E-state index in [1.807, 2.05) is 0 Å². The van der Waals surface area contributed by atoms with Crippen LogP contribution in [0.25, 0.3) is 0 Å².